The molecule has 3 aromatic rings. The number of hydrogen-bond acceptors (Lipinski definition) is 4. The van der Waals surface area contributed by atoms with Gasteiger partial charge in [0.05, 0.1) is 15.1 Å². The molecule has 2 aromatic carbocycles. The Labute approximate surface area is 186 Å². The van der Waals surface area contributed by atoms with Crippen molar-refractivity contribution in [1.29, 1.82) is 0 Å². The summed E-state index contributed by atoms with van der Waals surface area (Å²) >= 11 is 1.47. The highest BCUT2D eigenvalue weighted by molar-refractivity contribution is 7.89. The number of amides is 1. The van der Waals surface area contributed by atoms with Crippen LogP contribution in [0.15, 0.2) is 58.4 Å². The van der Waals surface area contributed by atoms with E-state index in [1.165, 1.54) is 23.5 Å². The zero-order chi connectivity index (χ0) is 22.2. The van der Waals surface area contributed by atoms with Crippen LogP contribution >= 0.6 is 11.3 Å². The van der Waals surface area contributed by atoms with Crippen LogP contribution in [0.3, 0.4) is 0 Å². The number of nitrogens with zero attached hydrogens (tertiary/aromatic N) is 3. The van der Waals surface area contributed by atoms with E-state index in [1.807, 2.05) is 35.8 Å². The lowest BCUT2D eigenvalue weighted by Crippen LogP contribution is -2.42. The largest absolute Gasteiger partial charge is 0.317 e. The van der Waals surface area contributed by atoms with Crippen molar-refractivity contribution in [2.24, 2.45) is 16.8 Å². The van der Waals surface area contributed by atoms with Gasteiger partial charge >= 0.3 is 0 Å². The number of rotatable bonds is 4. The number of hydrogen-bond donors (Lipinski definition) is 0. The van der Waals surface area contributed by atoms with Crippen LogP contribution < -0.4 is 4.80 Å². The highest BCUT2D eigenvalue weighted by atomic mass is 32.2. The molecule has 2 atom stereocenters. The van der Waals surface area contributed by atoms with E-state index in [1.54, 1.807) is 16.4 Å². The van der Waals surface area contributed by atoms with Crippen molar-refractivity contribution >= 4 is 37.5 Å². The molecule has 1 aromatic heterocycles. The summed E-state index contributed by atoms with van der Waals surface area (Å²) in [5, 5.41) is 0. The Morgan fingerprint density at radius 3 is 2.35 bits per heavy atom. The fraction of sp³-hybridized carbons (Fsp3) is 0.391. The number of aryl methyl sites for hydroxylation is 1. The highest BCUT2D eigenvalue weighted by Gasteiger charge is 2.31. The molecule has 0 radical (unpaired) electrons. The van der Waals surface area contributed by atoms with Crippen molar-refractivity contribution in [2.75, 3.05) is 13.1 Å². The molecule has 1 fully saturated rings. The summed E-state index contributed by atoms with van der Waals surface area (Å²) < 4.78 is 30.7. The van der Waals surface area contributed by atoms with Crippen molar-refractivity contribution in [3.8, 4) is 0 Å². The molecule has 1 aliphatic heterocycles. The number of piperidine rings is 1. The van der Waals surface area contributed by atoms with Crippen LogP contribution in [0, 0.1) is 11.8 Å². The van der Waals surface area contributed by atoms with Crippen molar-refractivity contribution in [3.05, 3.63) is 58.9 Å². The van der Waals surface area contributed by atoms with Gasteiger partial charge in [-0.05, 0) is 61.6 Å². The maximum atomic E-state index is 13.0. The molecule has 0 saturated carbocycles. The van der Waals surface area contributed by atoms with Crippen LogP contribution in [0.1, 0.15) is 37.6 Å². The van der Waals surface area contributed by atoms with Crippen molar-refractivity contribution in [1.82, 2.24) is 8.87 Å². The molecule has 0 bridgehead atoms. The van der Waals surface area contributed by atoms with Gasteiger partial charge in [-0.3, -0.25) is 4.79 Å². The zero-order valence-corrected chi connectivity index (χ0v) is 19.6. The highest BCUT2D eigenvalue weighted by Crippen LogP contribution is 2.27. The van der Waals surface area contributed by atoms with Gasteiger partial charge in [-0.25, -0.2) is 8.42 Å². The maximum Gasteiger partial charge on any atom is 0.279 e. The van der Waals surface area contributed by atoms with Gasteiger partial charge in [-0.2, -0.15) is 9.30 Å². The van der Waals surface area contributed by atoms with E-state index in [0.29, 0.717) is 41.8 Å². The SMILES string of the molecule is CCn1c(=NC(=O)c2ccc(S(=O)(=O)N3C[C@@H](C)C[C@H](C)C3)cc2)sc2ccccc21. The quantitative estimate of drug-likeness (QED) is 0.591. The molecule has 8 heteroatoms. The van der Waals surface area contributed by atoms with E-state index >= 15 is 0 Å². The molecule has 31 heavy (non-hydrogen) atoms. The van der Waals surface area contributed by atoms with Gasteiger partial charge in [0.25, 0.3) is 5.91 Å². The molecule has 1 amide bonds. The number of benzene rings is 2. The minimum absolute atomic E-state index is 0.218. The Hall–Kier alpha value is -2.29. The normalized spacial score (nSPS) is 20.9. The minimum atomic E-state index is -3.57. The second-order valence-electron chi connectivity index (χ2n) is 8.31. The number of para-hydroxylation sites is 1. The van der Waals surface area contributed by atoms with Crippen LogP contribution in [-0.4, -0.2) is 36.3 Å². The van der Waals surface area contributed by atoms with E-state index in [0.717, 1.165) is 16.6 Å². The van der Waals surface area contributed by atoms with Gasteiger partial charge in [-0.1, -0.05) is 37.3 Å². The van der Waals surface area contributed by atoms with Gasteiger partial charge in [0.1, 0.15) is 0 Å². The van der Waals surface area contributed by atoms with E-state index in [-0.39, 0.29) is 10.8 Å². The standard InChI is InChI=1S/C23H27N3O3S2/c1-4-26-20-7-5-6-8-21(20)30-23(26)24-22(27)18-9-11-19(12-10-18)31(28,29)25-14-16(2)13-17(3)15-25/h5-12,16-17H,4,13-15H2,1-3H3/t16-,17-/m0/s1. The van der Waals surface area contributed by atoms with Crippen LogP contribution in [0.25, 0.3) is 10.2 Å². The van der Waals surface area contributed by atoms with Crippen molar-refractivity contribution in [2.45, 2.75) is 38.6 Å². The third-order valence-corrected chi connectivity index (χ3v) is 8.58. The van der Waals surface area contributed by atoms with E-state index in [2.05, 4.69) is 18.8 Å². The number of carbonyl (C=O) groups is 1. The second kappa shape index (κ2) is 8.68. The first-order chi connectivity index (χ1) is 14.8. The lowest BCUT2D eigenvalue weighted by Gasteiger charge is -2.34. The summed E-state index contributed by atoms with van der Waals surface area (Å²) in [5.41, 5.74) is 1.42. The number of carbonyl (C=O) groups excluding carboxylic acids is 1. The molecule has 0 N–H and O–H groups in total. The van der Waals surface area contributed by atoms with Crippen LogP contribution in [-0.2, 0) is 16.6 Å². The number of thiazole rings is 1. The minimum Gasteiger partial charge on any atom is -0.317 e. The summed E-state index contributed by atoms with van der Waals surface area (Å²) in [6.45, 7) is 7.96. The summed E-state index contributed by atoms with van der Waals surface area (Å²) in [5.74, 6) is 0.299. The molecule has 6 nitrogen and oxygen atoms in total. The first kappa shape index (κ1) is 21.9. The van der Waals surface area contributed by atoms with Crippen molar-refractivity contribution < 1.29 is 13.2 Å². The molecular weight excluding hydrogens is 430 g/mol. The fourth-order valence-electron chi connectivity index (χ4n) is 4.28. The Bertz CT molecular complexity index is 1260. The van der Waals surface area contributed by atoms with E-state index < -0.39 is 10.0 Å². The average molecular weight is 458 g/mol. The van der Waals surface area contributed by atoms with Crippen molar-refractivity contribution in [3.63, 3.8) is 0 Å². The molecule has 1 saturated heterocycles. The van der Waals surface area contributed by atoms with Gasteiger partial charge < -0.3 is 4.57 Å². The topological polar surface area (TPSA) is 71.7 Å². The summed E-state index contributed by atoms with van der Waals surface area (Å²) in [6.07, 6.45) is 1.04. The van der Waals surface area contributed by atoms with Crippen LogP contribution in [0.5, 0.6) is 0 Å². The van der Waals surface area contributed by atoms with Gasteiger partial charge in [-0.15, -0.1) is 0 Å². The third kappa shape index (κ3) is 4.37. The van der Waals surface area contributed by atoms with Crippen LogP contribution in [0.2, 0.25) is 0 Å². The Morgan fingerprint density at radius 1 is 1.06 bits per heavy atom. The predicted octanol–water partition coefficient (Wildman–Crippen LogP) is 4.13. The molecule has 164 valence electrons. The predicted molar refractivity (Wildman–Crippen MR) is 124 cm³/mol. The van der Waals surface area contributed by atoms with Gasteiger partial charge in [0.15, 0.2) is 4.80 Å². The first-order valence-corrected chi connectivity index (χ1v) is 12.8. The first-order valence-electron chi connectivity index (χ1n) is 10.6. The fourth-order valence-corrected chi connectivity index (χ4v) is 7.06. The second-order valence-corrected chi connectivity index (χ2v) is 11.3. The van der Waals surface area contributed by atoms with Gasteiger partial charge in [0.2, 0.25) is 10.0 Å². The third-order valence-electron chi connectivity index (χ3n) is 5.68. The molecule has 0 aliphatic carbocycles. The maximum absolute atomic E-state index is 13.0. The number of sulfonamides is 1. The number of fused-ring (bicyclic) bond motifs is 1. The molecule has 2 heterocycles. The lowest BCUT2D eigenvalue weighted by molar-refractivity contribution is 0.0997. The molecule has 0 spiro atoms. The van der Waals surface area contributed by atoms with E-state index in [9.17, 15) is 13.2 Å². The molecule has 0 unspecified atom stereocenters. The van der Waals surface area contributed by atoms with Gasteiger partial charge in [0, 0.05) is 25.2 Å². The Kier molecular flexibility index (Phi) is 6.14. The monoisotopic (exact) mass is 457 g/mol. The summed E-state index contributed by atoms with van der Waals surface area (Å²) in [7, 11) is -3.57. The Morgan fingerprint density at radius 2 is 1.71 bits per heavy atom. The van der Waals surface area contributed by atoms with Crippen LogP contribution in [0.4, 0.5) is 0 Å². The summed E-state index contributed by atoms with van der Waals surface area (Å²) in [6, 6.07) is 14.1. The lowest BCUT2D eigenvalue weighted by atomic mass is 9.94. The Balaban J connectivity index is 1.61. The number of aromatic nitrogens is 1. The average Bonchev–Trinajstić information content (AvgIpc) is 3.10. The smallest absolute Gasteiger partial charge is 0.279 e. The molecular formula is C23H27N3O3S2. The van der Waals surface area contributed by atoms with E-state index in [4.69, 9.17) is 0 Å². The summed E-state index contributed by atoms with van der Waals surface area (Å²) in [4.78, 5) is 18.0. The molecule has 1 aliphatic rings. The zero-order valence-electron chi connectivity index (χ0n) is 18.0. The molecule has 4 rings (SSSR count).